The normalized spacial score (nSPS) is 12.0. The van der Waals surface area contributed by atoms with Gasteiger partial charge in [-0.2, -0.15) is 0 Å². The molecule has 0 spiro atoms. The van der Waals surface area contributed by atoms with E-state index in [4.69, 9.17) is 4.74 Å². The van der Waals surface area contributed by atoms with Crippen LogP contribution in [-0.2, 0) is 4.74 Å². The average Bonchev–Trinajstić information content (AvgIpc) is 2.52. The molecular formula is C18H19NO3. The molecule has 0 aliphatic heterocycles. The minimum atomic E-state index is -0.537. The zero-order valence-corrected chi connectivity index (χ0v) is 12.9. The van der Waals surface area contributed by atoms with E-state index in [1.165, 1.54) is 0 Å². The van der Waals surface area contributed by atoms with E-state index in [0.29, 0.717) is 16.7 Å². The van der Waals surface area contributed by atoms with E-state index in [9.17, 15) is 10.0 Å². The quantitative estimate of drug-likeness (QED) is 0.307. The minimum absolute atomic E-state index is 0.0346. The van der Waals surface area contributed by atoms with Gasteiger partial charge in [0.2, 0.25) is 0 Å². The third-order valence-electron chi connectivity index (χ3n) is 2.93. The summed E-state index contributed by atoms with van der Waals surface area (Å²) in [6.07, 6.45) is 0. The predicted octanol–water partition coefficient (Wildman–Crippen LogP) is 3.87. The molecule has 4 heteroatoms. The SMILES string of the molecule is CC(C)(C)OC(=NO)c1ccccc1C(=O)c1ccccc1. The van der Waals surface area contributed by atoms with Crippen LogP contribution in [0.25, 0.3) is 0 Å². The number of hydrogen-bond acceptors (Lipinski definition) is 4. The molecule has 0 aliphatic rings. The van der Waals surface area contributed by atoms with Crippen molar-refractivity contribution in [3.05, 3.63) is 71.3 Å². The fraction of sp³-hybridized carbons (Fsp3) is 0.222. The van der Waals surface area contributed by atoms with Gasteiger partial charge in [-0.15, -0.1) is 0 Å². The summed E-state index contributed by atoms with van der Waals surface area (Å²) in [6, 6.07) is 15.9. The monoisotopic (exact) mass is 297 g/mol. The van der Waals surface area contributed by atoms with Crippen LogP contribution in [0, 0.1) is 0 Å². The van der Waals surface area contributed by atoms with Crippen LogP contribution < -0.4 is 0 Å². The lowest BCUT2D eigenvalue weighted by molar-refractivity contribution is 0.102. The minimum Gasteiger partial charge on any atom is -0.469 e. The van der Waals surface area contributed by atoms with Crippen molar-refractivity contribution in [2.75, 3.05) is 0 Å². The molecule has 0 aliphatic carbocycles. The molecule has 0 amide bonds. The smallest absolute Gasteiger partial charge is 0.258 e. The Morgan fingerprint density at radius 1 is 0.955 bits per heavy atom. The van der Waals surface area contributed by atoms with Crippen molar-refractivity contribution in [2.24, 2.45) is 5.16 Å². The van der Waals surface area contributed by atoms with Crippen LogP contribution in [-0.4, -0.2) is 22.5 Å². The Morgan fingerprint density at radius 3 is 2.05 bits per heavy atom. The van der Waals surface area contributed by atoms with E-state index in [2.05, 4.69) is 5.16 Å². The van der Waals surface area contributed by atoms with Crippen molar-refractivity contribution < 1.29 is 14.7 Å². The van der Waals surface area contributed by atoms with Crippen LogP contribution in [0.1, 0.15) is 42.3 Å². The van der Waals surface area contributed by atoms with Gasteiger partial charge in [0.15, 0.2) is 5.78 Å². The molecule has 2 rings (SSSR count). The maximum absolute atomic E-state index is 12.7. The largest absolute Gasteiger partial charge is 0.469 e. The molecule has 0 atom stereocenters. The molecule has 0 radical (unpaired) electrons. The van der Waals surface area contributed by atoms with E-state index in [1.807, 2.05) is 39.0 Å². The van der Waals surface area contributed by atoms with Gasteiger partial charge in [0.1, 0.15) is 5.60 Å². The summed E-state index contributed by atoms with van der Waals surface area (Å²) in [5, 5.41) is 12.5. The maximum Gasteiger partial charge on any atom is 0.258 e. The lowest BCUT2D eigenvalue weighted by Crippen LogP contribution is -2.26. The highest BCUT2D eigenvalue weighted by Gasteiger charge is 2.22. The predicted molar refractivity (Wildman–Crippen MR) is 85.5 cm³/mol. The zero-order chi connectivity index (χ0) is 16.2. The number of carbonyl (C=O) groups excluding carboxylic acids is 1. The molecule has 0 saturated carbocycles. The first kappa shape index (κ1) is 15.8. The zero-order valence-electron chi connectivity index (χ0n) is 12.9. The van der Waals surface area contributed by atoms with Crippen LogP contribution in [0.3, 0.4) is 0 Å². The van der Waals surface area contributed by atoms with E-state index in [0.717, 1.165) is 0 Å². The van der Waals surface area contributed by atoms with Crippen molar-refractivity contribution in [1.29, 1.82) is 0 Å². The topological polar surface area (TPSA) is 58.9 Å². The van der Waals surface area contributed by atoms with Crippen LogP contribution in [0.15, 0.2) is 59.8 Å². The Bertz CT molecular complexity index is 685. The van der Waals surface area contributed by atoms with Gasteiger partial charge in [-0.3, -0.25) is 4.79 Å². The fourth-order valence-electron chi connectivity index (χ4n) is 2.03. The summed E-state index contributed by atoms with van der Waals surface area (Å²) >= 11 is 0. The van der Waals surface area contributed by atoms with E-state index in [-0.39, 0.29) is 11.7 Å². The van der Waals surface area contributed by atoms with Crippen molar-refractivity contribution in [2.45, 2.75) is 26.4 Å². The third kappa shape index (κ3) is 3.73. The Balaban J connectivity index is 2.45. The van der Waals surface area contributed by atoms with Gasteiger partial charge in [-0.1, -0.05) is 48.5 Å². The number of hydrogen-bond donors (Lipinski definition) is 1. The lowest BCUT2D eigenvalue weighted by Gasteiger charge is -2.22. The molecule has 114 valence electrons. The summed E-state index contributed by atoms with van der Waals surface area (Å²) in [5.41, 5.74) is 0.937. The summed E-state index contributed by atoms with van der Waals surface area (Å²) in [6.45, 7) is 5.54. The molecule has 2 aromatic carbocycles. The van der Waals surface area contributed by atoms with E-state index >= 15 is 0 Å². The molecule has 0 unspecified atom stereocenters. The standard InChI is InChI=1S/C18H19NO3/c1-18(2,3)22-17(19-21)15-12-8-7-11-14(15)16(20)13-9-5-4-6-10-13/h4-12,21H,1-3H3. The maximum atomic E-state index is 12.7. The second-order valence-corrected chi connectivity index (χ2v) is 5.86. The van der Waals surface area contributed by atoms with Crippen molar-refractivity contribution in [3.8, 4) is 0 Å². The van der Waals surface area contributed by atoms with Gasteiger partial charge in [0.05, 0.1) is 5.56 Å². The molecule has 2 aromatic rings. The van der Waals surface area contributed by atoms with Crippen molar-refractivity contribution >= 4 is 11.7 Å². The number of rotatable bonds is 3. The van der Waals surface area contributed by atoms with Gasteiger partial charge in [-0.25, -0.2) is 0 Å². The molecule has 0 heterocycles. The van der Waals surface area contributed by atoms with Gasteiger partial charge in [0.25, 0.3) is 5.90 Å². The summed E-state index contributed by atoms with van der Waals surface area (Å²) in [7, 11) is 0. The van der Waals surface area contributed by atoms with Gasteiger partial charge in [0, 0.05) is 11.1 Å². The number of ether oxygens (including phenoxy) is 1. The molecule has 4 nitrogen and oxygen atoms in total. The first-order valence-corrected chi connectivity index (χ1v) is 7.02. The number of nitrogens with zero attached hydrogens (tertiary/aromatic N) is 1. The van der Waals surface area contributed by atoms with Gasteiger partial charge >= 0.3 is 0 Å². The second-order valence-electron chi connectivity index (χ2n) is 5.86. The first-order chi connectivity index (χ1) is 10.4. The van der Waals surface area contributed by atoms with E-state index < -0.39 is 5.60 Å². The Hall–Kier alpha value is -2.62. The molecule has 0 saturated heterocycles. The summed E-state index contributed by atoms with van der Waals surface area (Å²) in [5.74, 6) is -0.109. The van der Waals surface area contributed by atoms with Gasteiger partial charge in [-0.05, 0) is 32.0 Å². The Morgan fingerprint density at radius 2 is 1.50 bits per heavy atom. The molecule has 1 N–H and O–H groups in total. The molecule has 22 heavy (non-hydrogen) atoms. The number of oxime groups is 1. The third-order valence-corrected chi connectivity index (χ3v) is 2.93. The van der Waals surface area contributed by atoms with Crippen molar-refractivity contribution in [1.82, 2.24) is 0 Å². The molecule has 0 aromatic heterocycles. The van der Waals surface area contributed by atoms with E-state index in [1.54, 1.807) is 36.4 Å². The highest BCUT2D eigenvalue weighted by atomic mass is 16.5. The van der Waals surface area contributed by atoms with Crippen LogP contribution in [0.4, 0.5) is 0 Å². The summed E-state index contributed by atoms with van der Waals surface area (Å²) < 4.78 is 5.65. The number of ketones is 1. The Labute approximate surface area is 130 Å². The molecular weight excluding hydrogens is 278 g/mol. The highest BCUT2D eigenvalue weighted by Crippen LogP contribution is 2.19. The van der Waals surface area contributed by atoms with Crippen molar-refractivity contribution in [3.63, 3.8) is 0 Å². The van der Waals surface area contributed by atoms with Gasteiger partial charge < -0.3 is 9.94 Å². The fourth-order valence-corrected chi connectivity index (χ4v) is 2.03. The first-order valence-electron chi connectivity index (χ1n) is 7.02. The number of benzene rings is 2. The average molecular weight is 297 g/mol. The Kier molecular flexibility index (Phi) is 4.61. The number of carbonyl (C=O) groups is 1. The van der Waals surface area contributed by atoms with Crippen LogP contribution in [0.5, 0.6) is 0 Å². The highest BCUT2D eigenvalue weighted by molar-refractivity contribution is 6.15. The van der Waals surface area contributed by atoms with Crippen LogP contribution >= 0.6 is 0 Å². The van der Waals surface area contributed by atoms with Crippen LogP contribution in [0.2, 0.25) is 0 Å². The lowest BCUT2D eigenvalue weighted by atomic mass is 9.98. The molecule has 0 bridgehead atoms. The molecule has 0 fully saturated rings. The second kappa shape index (κ2) is 6.43. The summed E-state index contributed by atoms with van der Waals surface area (Å²) in [4.78, 5) is 12.7.